The van der Waals surface area contributed by atoms with Gasteiger partial charge in [-0.15, -0.1) is 0 Å². The molecule has 132 valence electrons. The van der Waals surface area contributed by atoms with Crippen LogP contribution in [0.2, 0.25) is 5.15 Å². The molecule has 1 aromatic heterocycles. The summed E-state index contributed by atoms with van der Waals surface area (Å²) in [5.41, 5.74) is 10.7. The molecule has 10 heteroatoms. The number of rotatable bonds is 4. The van der Waals surface area contributed by atoms with Crippen molar-refractivity contribution in [2.24, 2.45) is 10.4 Å². The molecule has 0 saturated heterocycles. The van der Waals surface area contributed by atoms with E-state index < -0.39 is 12.0 Å². The number of carbonyl (C=O) groups excluding carboxylic acids is 1. The van der Waals surface area contributed by atoms with Gasteiger partial charge in [-0.3, -0.25) is 10.1 Å². The second kappa shape index (κ2) is 6.78. The van der Waals surface area contributed by atoms with Crippen LogP contribution in [0.25, 0.3) is 0 Å². The van der Waals surface area contributed by atoms with Gasteiger partial charge in [0.2, 0.25) is 0 Å². The number of aliphatic hydroxyl groups is 1. The van der Waals surface area contributed by atoms with Gasteiger partial charge in [0.25, 0.3) is 5.91 Å². The first-order valence-corrected chi connectivity index (χ1v) is 7.93. The van der Waals surface area contributed by atoms with E-state index in [0.29, 0.717) is 6.54 Å². The zero-order chi connectivity index (χ0) is 18.1. The van der Waals surface area contributed by atoms with Crippen molar-refractivity contribution in [3.63, 3.8) is 0 Å². The Bertz CT molecular complexity index is 677. The second-order valence-corrected chi connectivity index (χ2v) is 6.66. The van der Waals surface area contributed by atoms with Crippen LogP contribution in [0.15, 0.2) is 4.99 Å². The summed E-state index contributed by atoms with van der Waals surface area (Å²) in [5.74, 6) is -0.549. The highest BCUT2D eigenvalue weighted by Gasteiger charge is 2.35. The van der Waals surface area contributed by atoms with Crippen LogP contribution in [0.5, 0.6) is 0 Å². The lowest BCUT2D eigenvalue weighted by Crippen LogP contribution is -2.41. The van der Waals surface area contributed by atoms with Crippen molar-refractivity contribution >= 4 is 35.1 Å². The number of guanidine groups is 1. The Morgan fingerprint density at radius 2 is 2.12 bits per heavy atom. The van der Waals surface area contributed by atoms with Gasteiger partial charge in [0.15, 0.2) is 28.4 Å². The molecule has 0 radical (unpaired) electrons. The molecule has 0 aromatic carbocycles. The van der Waals surface area contributed by atoms with Crippen molar-refractivity contribution in [1.82, 2.24) is 20.6 Å². The zero-order valence-electron chi connectivity index (χ0n) is 13.8. The zero-order valence-corrected chi connectivity index (χ0v) is 14.6. The molecule has 9 nitrogen and oxygen atoms in total. The van der Waals surface area contributed by atoms with E-state index in [-0.39, 0.29) is 39.9 Å². The third-order valence-corrected chi connectivity index (χ3v) is 4.48. The van der Waals surface area contributed by atoms with Crippen LogP contribution < -0.4 is 22.1 Å². The first-order chi connectivity index (χ1) is 11.2. The summed E-state index contributed by atoms with van der Waals surface area (Å²) >= 11 is 5.76. The number of halogens is 1. The van der Waals surface area contributed by atoms with Crippen molar-refractivity contribution in [3.8, 4) is 0 Å². The Balaban J connectivity index is 2.11. The fraction of sp³-hybridized carbons (Fsp3) is 0.571. The number of amides is 1. The summed E-state index contributed by atoms with van der Waals surface area (Å²) < 4.78 is 0. The molecule has 0 fully saturated rings. The standard InChI is InChI=1S/C14H22ClN7O2/c1-4-14(2,3)8(23)6-5-18-13(19-6)22-12(24)7-10(16)21-11(17)9(15)20-7/h6,8,23H,4-5H2,1-3H3,(H4,16,17,21)(H2,18,19,22,24)/t6-,8?/m0/s1. The number of aliphatic hydroxyl groups excluding tert-OH is 1. The molecule has 7 N–H and O–H groups in total. The van der Waals surface area contributed by atoms with Crippen molar-refractivity contribution < 1.29 is 9.90 Å². The number of aliphatic imine (C=N–C) groups is 1. The monoisotopic (exact) mass is 355 g/mol. The SMILES string of the molecule is CCC(C)(C)C(O)[C@@H]1CNC(NC(=O)c2nc(Cl)c(N)nc2N)=N1. The predicted molar refractivity (Wildman–Crippen MR) is 92.6 cm³/mol. The van der Waals surface area contributed by atoms with Gasteiger partial charge in [-0.25, -0.2) is 15.0 Å². The molecular formula is C14H22ClN7O2. The van der Waals surface area contributed by atoms with Crippen molar-refractivity contribution in [1.29, 1.82) is 0 Å². The molecule has 24 heavy (non-hydrogen) atoms. The minimum atomic E-state index is -0.639. The van der Waals surface area contributed by atoms with Gasteiger partial charge in [0.1, 0.15) is 0 Å². The number of anilines is 2. The van der Waals surface area contributed by atoms with Crippen LogP contribution in [0.4, 0.5) is 11.6 Å². The van der Waals surface area contributed by atoms with E-state index >= 15 is 0 Å². The van der Waals surface area contributed by atoms with Crippen LogP contribution in [0, 0.1) is 5.41 Å². The lowest BCUT2D eigenvalue weighted by atomic mass is 9.80. The van der Waals surface area contributed by atoms with E-state index in [4.69, 9.17) is 23.1 Å². The van der Waals surface area contributed by atoms with Crippen molar-refractivity contribution in [2.45, 2.75) is 39.3 Å². The number of nitrogens with zero attached hydrogens (tertiary/aromatic N) is 3. The van der Waals surface area contributed by atoms with Crippen LogP contribution in [0.1, 0.15) is 37.7 Å². The largest absolute Gasteiger partial charge is 0.390 e. The van der Waals surface area contributed by atoms with E-state index in [0.717, 1.165) is 6.42 Å². The van der Waals surface area contributed by atoms with E-state index in [1.807, 2.05) is 20.8 Å². The molecule has 2 atom stereocenters. The molecule has 1 aliphatic heterocycles. The van der Waals surface area contributed by atoms with E-state index in [1.54, 1.807) is 0 Å². The summed E-state index contributed by atoms with van der Waals surface area (Å²) in [5, 5.41) is 15.8. The lowest BCUT2D eigenvalue weighted by molar-refractivity contribution is 0.0303. The van der Waals surface area contributed by atoms with Gasteiger partial charge in [0.05, 0.1) is 12.1 Å². The molecular weight excluding hydrogens is 334 g/mol. The summed E-state index contributed by atoms with van der Waals surface area (Å²) in [7, 11) is 0. The molecule has 0 spiro atoms. The number of hydrogen-bond donors (Lipinski definition) is 5. The molecule has 1 aromatic rings. The summed E-state index contributed by atoms with van der Waals surface area (Å²) in [4.78, 5) is 24.1. The van der Waals surface area contributed by atoms with Crippen molar-refractivity contribution in [3.05, 3.63) is 10.8 Å². The first-order valence-electron chi connectivity index (χ1n) is 7.55. The molecule has 0 aliphatic carbocycles. The number of carbonyl (C=O) groups is 1. The van der Waals surface area contributed by atoms with Crippen LogP contribution in [-0.4, -0.2) is 45.6 Å². The minimum Gasteiger partial charge on any atom is -0.390 e. The lowest BCUT2D eigenvalue weighted by Gasteiger charge is -2.31. The highest BCUT2D eigenvalue weighted by molar-refractivity contribution is 6.31. The topological polar surface area (TPSA) is 152 Å². The number of nitrogens with two attached hydrogens (primary N) is 2. The van der Waals surface area contributed by atoms with Gasteiger partial charge < -0.3 is 21.9 Å². The van der Waals surface area contributed by atoms with E-state index in [1.165, 1.54) is 0 Å². The Morgan fingerprint density at radius 1 is 1.46 bits per heavy atom. The maximum atomic E-state index is 12.2. The van der Waals surface area contributed by atoms with E-state index in [2.05, 4.69) is 25.6 Å². The average molecular weight is 356 g/mol. The number of hydrogen-bond acceptors (Lipinski definition) is 8. The van der Waals surface area contributed by atoms with E-state index in [9.17, 15) is 9.90 Å². The quantitative estimate of drug-likeness (QED) is 0.515. The van der Waals surface area contributed by atoms with Gasteiger partial charge in [-0.2, -0.15) is 0 Å². The molecule has 1 unspecified atom stereocenters. The summed E-state index contributed by atoms with van der Waals surface area (Å²) in [6.45, 7) is 6.36. The van der Waals surface area contributed by atoms with Crippen molar-refractivity contribution in [2.75, 3.05) is 18.0 Å². The van der Waals surface area contributed by atoms with Crippen LogP contribution >= 0.6 is 11.6 Å². The number of aromatic nitrogens is 2. The predicted octanol–water partition coefficient (Wildman–Crippen LogP) is 0.149. The fourth-order valence-corrected chi connectivity index (χ4v) is 2.35. The Hall–Kier alpha value is -2.13. The third-order valence-electron chi connectivity index (χ3n) is 4.20. The van der Waals surface area contributed by atoms with Gasteiger partial charge >= 0.3 is 0 Å². The second-order valence-electron chi connectivity index (χ2n) is 6.30. The molecule has 2 rings (SSSR count). The van der Waals surface area contributed by atoms with Gasteiger partial charge in [-0.05, 0) is 11.8 Å². The summed E-state index contributed by atoms with van der Waals surface area (Å²) in [6, 6.07) is -0.353. The van der Waals surface area contributed by atoms with Gasteiger partial charge in [-0.1, -0.05) is 32.4 Å². The molecule has 2 heterocycles. The maximum Gasteiger partial charge on any atom is 0.280 e. The Kier molecular flexibility index (Phi) is 5.14. The minimum absolute atomic E-state index is 0.0490. The maximum absolute atomic E-state index is 12.2. The van der Waals surface area contributed by atoms with Gasteiger partial charge in [0, 0.05) is 6.54 Å². The normalized spacial score (nSPS) is 18.7. The van der Waals surface area contributed by atoms with Crippen LogP contribution in [0.3, 0.4) is 0 Å². The third kappa shape index (κ3) is 3.68. The molecule has 1 aliphatic rings. The fourth-order valence-electron chi connectivity index (χ4n) is 2.22. The number of nitrogens with one attached hydrogen (secondary N) is 2. The first kappa shape index (κ1) is 18.2. The Morgan fingerprint density at radius 3 is 2.75 bits per heavy atom. The highest BCUT2D eigenvalue weighted by atomic mass is 35.5. The smallest absolute Gasteiger partial charge is 0.280 e. The number of nitrogen functional groups attached to an aromatic ring is 2. The molecule has 0 bridgehead atoms. The highest BCUT2D eigenvalue weighted by Crippen LogP contribution is 2.28. The molecule has 1 amide bonds. The Labute approximate surface area is 144 Å². The molecule has 0 saturated carbocycles. The summed E-state index contributed by atoms with van der Waals surface area (Å²) in [6.07, 6.45) is 0.165. The van der Waals surface area contributed by atoms with Crippen LogP contribution in [-0.2, 0) is 0 Å². The average Bonchev–Trinajstić information content (AvgIpc) is 2.98.